The summed E-state index contributed by atoms with van der Waals surface area (Å²) in [5, 5.41) is 11.4. The second kappa shape index (κ2) is 11.7. The molecule has 1 fully saturated rings. The maximum absolute atomic E-state index is 13.7. The summed E-state index contributed by atoms with van der Waals surface area (Å²) in [6.45, 7) is 3.55. The van der Waals surface area contributed by atoms with Gasteiger partial charge in [-0.25, -0.2) is 14.0 Å². The molecule has 0 aliphatic carbocycles. The molecular formula is C28H26FN3O7. The van der Waals surface area contributed by atoms with Crippen LogP contribution in [0.1, 0.15) is 41.0 Å². The Morgan fingerprint density at radius 2 is 1.95 bits per heavy atom. The van der Waals surface area contributed by atoms with Crippen LogP contribution in [0.3, 0.4) is 0 Å². The molecule has 1 aromatic heterocycles. The van der Waals surface area contributed by atoms with Crippen LogP contribution in [0.15, 0.2) is 72.5 Å². The van der Waals surface area contributed by atoms with Crippen molar-refractivity contribution in [3.05, 3.63) is 99.5 Å². The van der Waals surface area contributed by atoms with Gasteiger partial charge in [0.05, 0.1) is 17.0 Å². The molecule has 2 aromatic carbocycles. The van der Waals surface area contributed by atoms with Crippen molar-refractivity contribution in [3.8, 4) is 0 Å². The van der Waals surface area contributed by atoms with Crippen molar-refractivity contribution in [3.63, 3.8) is 0 Å². The quantitative estimate of drug-likeness (QED) is 0.135. The Kier molecular flexibility index (Phi) is 8.18. The van der Waals surface area contributed by atoms with Gasteiger partial charge in [0.15, 0.2) is 5.78 Å². The number of carbonyl (C=O) groups is 3. The fraction of sp³-hybridized carbons (Fsp3) is 0.250. The van der Waals surface area contributed by atoms with Gasteiger partial charge in [-0.15, -0.1) is 0 Å². The van der Waals surface area contributed by atoms with E-state index in [0.29, 0.717) is 10.9 Å². The predicted molar refractivity (Wildman–Crippen MR) is 140 cm³/mol. The van der Waals surface area contributed by atoms with Gasteiger partial charge in [-0.05, 0) is 49.8 Å². The molecule has 1 aliphatic heterocycles. The molecule has 1 N–H and O–H groups in total. The van der Waals surface area contributed by atoms with E-state index in [1.54, 1.807) is 19.1 Å². The summed E-state index contributed by atoms with van der Waals surface area (Å²) < 4.78 is 24.7. The molecule has 1 amide bonds. The molecule has 4 rings (SSSR count). The van der Waals surface area contributed by atoms with Crippen LogP contribution in [0.5, 0.6) is 0 Å². The Hall–Kier alpha value is -4.80. The normalized spacial score (nSPS) is 17.5. The van der Waals surface area contributed by atoms with Gasteiger partial charge in [0.2, 0.25) is 0 Å². The molecule has 10 nitrogen and oxygen atoms in total. The number of H-pyrrole nitrogens is 1. The minimum absolute atomic E-state index is 0.000194. The number of halogens is 1. The lowest BCUT2D eigenvalue weighted by Crippen LogP contribution is -2.41. The van der Waals surface area contributed by atoms with Gasteiger partial charge in [-0.3, -0.25) is 19.8 Å². The van der Waals surface area contributed by atoms with E-state index in [0.717, 1.165) is 5.57 Å². The van der Waals surface area contributed by atoms with Crippen LogP contribution in [0, 0.1) is 15.9 Å². The lowest BCUT2D eigenvalue weighted by atomic mass is 10.0. The van der Waals surface area contributed by atoms with E-state index in [1.165, 1.54) is 53.6 Å². The number of aromatic nitrogens is 1. The first-order valence-electron chi connectivity index (χ1n) is 12.2. The van der Waals surface area contributed by atoms with Crippen molar-refractivity contribution < 1.29 is 33.2 Å². The SMILES string of the molecule is C/C=C\C=C(/C)COC(=O)N1C[C@@H](OC(=O)c2ccc([N+](=O)[O-])cc2)C[C@H]1C(=O)c1c[nH]c2cc(F)ccc12. The third kappa shape index (κ3) is 6.20. The van der Waals surface area contributed by atoms with E-state index in [9.17, 15) is 28.9 Å². The Labute approximate surface area is 222 Å². The average Bonchev–Trinajstić information content (AvgIpc) is 3.54. The van der Waals surface area contributed by atoms with Crippen LogP contribution in [-0.4, -0.2) is 58.0 Å². The largest absolute Gasteiger partial charge is 0.457 e. The van der Waals surface area contributed by atoms with Crippen LogP contribution in [0.25, 0.3) is 10.9 Å². The molecule has 1 saturated heterocycles. The Morgan fingerprint density at radius 1 is 1.21 bits per heavy atom. The first-order valence-corrected chi connectivity index (χ1v) is 12.2. The third-order valence-electron chi connectivity index (χ3n) is 6.29. The van der Waals surface area contributed by atoms with Gasteiger partial charge in [0, 0.05) is 41.2 Å². The van der Waals surface area contributed by atoms with E-state index in [-0.39, 0.29) is 36.4 Å². The van der Waals surface area contributed by atoms with Crippen LogP contribution >= 0.6 is 0 Å². The van der Waals surface area contributed by atoms with Crippen LogP contribution in [0.4, 0.5) is 14.9 Å². The van der Waals surface area contributed by atoms with E-state index in [2.05, 4.69) is 4.98 Å². The monoisotopic (exact) mass is 535 g/mol. The number of esters is 1. The molecule has 3 aromatic rings. The number of carbonyl (C=O) groups excluding carboxylic acids is 3. The first-order chi connectivity index (χ1) is 18.7. The third-order valence-corrected chi connectivity index (χ3v) is 6.29. The Morgan fingerprint density at radius 3 is 2.64 bits per heavy atom. The number of likely N-dealkylation sites (tertiary alicyclic amines) is 1. The number of hydrogen-bond donors (Lipinski definition) is 1. The van der Waals surface area contributed by atoms with E-state index < -0.39 is 40.7 Å². The number of Topliss-reactive ketones (excluding diaryl/α,β-unsaturated/α-hetero) is 1. The number of ether oxygens (including phenoxy) is 2. The number of nitro benzene ring substituents is 1. The number of fused-ring (bicyclic) bond motifs is 1. The number of nitrogens with one attached hydrogen (secondary N) is 1. The lowest BCUT2D eigenvalue weighted by molar-refractivity contribution is -0.384. The number of nitrogens with zero attached hydrogens (tertiary/aromatic N) is 2. The highest BCUT2D eigenvalue weighted by atomic mass is 19.1. The molecule has 2 atom stereocenters. The minimum atomic E-state index is -1.00. The molecular weight excluding hydrogens is 509 g/mol. The number of benzene rings is 2. The molecule has 0 radical (unpaired) electrons. The Bertz CT molecular complexity index is 1480. The van der Waals surface area contributed by atoms with E-state index >= 15 is 0 Å². The highest BCUT2D eigenvalue weighted by molar-refractivity contribution is 6.11. The van der Waals surface area contributed by atoms with Gasteiger partial charge in [-0.1, -0.05) is 18.2 Å². The fourth-order valence-corrected chi connectivity index (χ4v) is 4.32. The number of aromatic amines is 1. The number of nitro groups is 1. The van der Waals surface area contributed by atoms with Crippen molar-refractivity contribution in [2.45, 2.75) is 32.4 Å². The molecule has 1 aliphatic rings. The number of non-ortho nitro benzene ring substituents is 1. The number of hydrogen-bond acceptors (Lipinski definition) is 7. The van der Waals surface area contributed by atoms with Gasteiger partial charge in [0.1, 0.15) is 24.6 Å². The van der Waals surface area contributed by atoms with Crippen molar-refractivity contribution in [1.82, 2.24) is 9.88 Å². The molecule has 0 spiro atoms. The zero-order valence-electron chi connectivity index (χ0n) is 21.3. The molecule has 0 bridgehead atoms. The zero-order chi connectivity index (χ0) is 28.1. The second-order valence-corrected chi connectivity index (χ2v) is 9.09. The van der Waals surface area contributed by atoms with E-state index in [1.807, 2.05) is 13.0 Å². The maximum atomic E-state index is 13.7. The number of rotatable bonds is 8. The molecule has 0 saturated carbocycles. The minimum Gasteiger partial charge on any atom is -0.457 e. The van der Waals surface area contributed by atoms with Crippen LogP contribution in [0.2, 0.25) is 0 Å². The summed E-state index contributed by atoms with van der Waals surface area (Å²) in [7, 11) is 0. The number of amides is 1. The molecule has 11 heteroatoms. The summed E-state index contributed by atoms with van der Waals surface area (Å²) in [4.78, 5) is 53.8. The van der Waals surface area contributed by atoms with E-state index in [4.69, 9.17) is 9.47 Å². The number of allylic oxidation sites excluding steroid dienone is 3. The summed E-state index contributed by atoms with van der Waals surface area (Å²) >= 11 is 0. The fourth-order valence-electron chi connectivity index (χ4n) is 4.32. The van der Waals surface area contributed by atoms with Crippen LogP contribution in [-0.2, 0) is 9.47 Å². The summed E-state index contributed by atoms with van der Waals surface area (Å²) in [6.07, 6.45) is 5.30. The zero-order valence-corrected chi connectivity index (χ0v) is 21.3. The molecule has 2 heterocycles. The molecule has 39 heavy (non-hydrogen) atoms. The van der Waals surface area contributed by atoms with Crippen LogP contribution < -0.4 is 0 Å². The maximum Gasteiger partial charge on any atom is 0.410 e. The van der Waals surface area contributed by atoms with Crippen molar-refractivity contribution in [2.75, 3.05) is 13.2 Å². The van der Waals surface area contributed by atoms with Crippen molar-refractivity contribution in [2.24, 2.45) is 0 Å². The summed E-state index contributed by atoms with van der Waals surface area (Å²) in [5.74, 6) is -1.63. The lowest BCUT2D eigenvalue weighted by Gasteiger charge is -2.22. The topological polar surface area (TPSA) is 132 Å². The van der Waals surface area contributed by atoms with Gasteiger partial charge in [-0.2, -0.15) is 0 Å². The predicted octanol–water partition coefficient (Wildman–Crippen LogP) is 5.36. The highest BCUT2D eigenvalue weighted by Crippen LogP contribution is 2.29. The van der Waals surface area contributed by atoms with Crippen molar-refractivity contribution in [1.29, 1.82) is 0 Å². The first kappa shape index (κ1) is 27.2. The Balaban J connectivity index is 1.55. The standard InChI is InChI=1S/C28H26FN3O7/c1-3-4-5-17(2)16-38-28(35)31-15-21(39-27(34)18-6-9-20(10-7-18)32(36)37)13-25(31)26(33)23-14-30-24-12-19(29)8-11-22(23)24/h3-12,14,21,25,30H,13,15-16H2,1-2H3/b4-3-,17-5+/t21-,25-/m0/s1. The highest BCUT2D eigenvalue weighted by Gasteiger charge is 2.43. The summed E-state index contributed by atoms with van der Waals surface area (Å²) in [6, 6.07) is 7.90. The molecule has 0 unspecified atom stereocenters. The average molecular weight is 536 g/mol. The van der Waals surface area contributed by atoms with Gasteiger partial charge < -0.3 is 14.5 Å². The van der Waals surface area contributed by atoms with Gasteiger partial charge >= 0.3 is 12.1 Å². The van der Waals surface area contributed by atoms with Gasteiger partial charge in [0.25, 0.3) is 5.69 Å². The molecule has 202 valence electrons. The van der Waals surface area contributed by atoms with Crippen molar-refractivity contribution >= 4 is 34.4 Å². The number of ketones is 1. The smallest absolute Gasteiger partial charge is 0.410 e. The summed E-state index contributed by atoms with van der Waals surface area (Å²) in [5.41, 5.74) is 1.39. The second-order valence-electron chi connectivity index (χ2n) is 9.09.